The van der Waals surface area contributed by atoms with E-state index in [1.165, 1.54) is 12.0 Å². The van der Waals surface area contributed by atoms with Gasteiger partial charge in [-0.2, -0.15) is 0 Å². The van der Waals surface area contributed by atoms with Crippen molar-refractivity contribution in [1.82, 2.24) is 4.90 Å². The molecule has 16 heteroatoms. The zero-order chi connectivity index (χ0) is 52.2. The molecule has 1 saturated carbocycles. The molecule has 9 aliphatic rings. The van der Waals surface area contributed by atoms with Gasteiger partial charge >= 0.3 is 5.97 Å². The van der Waals surface area contributed by atoms with E-state index in [2.05, 4.69) is 6.92 Å². The molecule has 9 unspecified atom stereocenters. The molecule has 8 heterocycles. The molecule has 18 atom stereocenters. The normalized spacial score (nSPS) is 41.9. The van der Waals surface area contributed by atoms with Crippen molar-refractivity contribution >= 4 is 34.9 Å². The number of nitrogens with zero attached hydrogens (tertiary/aromatic N) is 2. The second-order valence-corrected chi connectivity index (χ2v) is 22.2. The van der Waals surface area contributed by atoms with Gasteiger partial charge in [0.2, 0.25) is 5.79 Å². The number of hydrogen-bond acceptors (Lipinski definition) is 15. The number of para-hydroxylation sites is 1. The van der Waals surface area contributed by atoms with Crippen LogP contribution >= 0.6 is 0 Å². The number of rotatable bonds is 6. The van der Waals surface area contributed by atoms with Gasteiger partial charge in [0.15, 0.2) is 5.78 Å². The fourth-order valence-corrected chi connectivity index (χ4v) is 13.0. The lowest BCUT2D eigenvalue weighted by molar-refractivity contribution is -0.266. The highest BCUT2D eigenvalue weighted by Gasteiger charge is 2.57. The third kappa shape index (κ3) is 12.1. The number of allylic oxidation sites excluding steroid dienone is 1. The number of carbonyl (C=O) groups is 5. The van der Waals surface area contributed by atoms with Crippen molar-refractivity contribution in [2.45, 2.75) is 192 Å². The van der Waals surface area contributed by atoms with Crippen LogP contribution in [0, 0.1) is 41.4 Å². The number of ketones is 3. The van der Waals surface area contributed by atoms with Crippen LogP contribution in [0.3, 0.4) is 0 Å². The summed E-state index contributed by atoms with van der Waals surface area (Å²) in [5.41, 5.74) is 2.12. The maximum Gasteiger partial charge on any atom is 0.329 e. The highest BCUT2D eigenvalue weighted by atomic mass is 16.7. The van der Waals surface area contributed by atoms with E-state index >= 15 is 0 Å². The lowest BCUT2D eigenvalue weighted by atomic mass is 9.68. The minimum atomic E-state index is -2.47. The van der Waals surface area contributed by atoms with Gasteiger partial charge in [0.25, 0.3) is 11.7 Å². The maximum absolute atomic E-state index is 14.6. The topological polar surface area (TPSA) is 208 Å². The lowest BCUT2D eigenvalue weighted by Gasteiger charge is -2.50. The summed E-state index contributed by atoms with van der Waals surface area (Å²) in [5.74, 6) is -8.70. The van der Waals surface area contributed by atoms with E-state index in [0.29, 0.717) is 69.8 Å². The Kier molecular flexibility index (Phi) is 18.8. The fourth-order valence-electron chi connectivity index (χ4n) is 13.0. The van der Waals surface area contributed by atoms with Crippen molar-refractivity contribution in [1.29, 1.82) is 0 Å². The van der Waals surface area contributed by atoms with Gasteiger partial charge in [-0.3, -0.25) is 29.1 Å². The van der Waals surface area contributed by atoms with Crippen LogP contribution in [0.4, 0.5) is 5.69 Å². The standard InChI is InChI=1S/C56H82N2O14/c1-31-24-34(4)50(61)52(69-9)51(62)35(5)25-32(2)45(60)30-47-42(27-37-18-22-44(59)48(28-37)68-8)41-16-13-23-57(49(41)55(65)70-47)54(64)53(63)56(66)36(6)17-19-39(71-56)29-46(67-7)33(3)26-40-20-21-43(31)58(72-40)38-14-11-10-12-15-38/h10-12,14-15,25-26,31-32,34,36-37,39-44,46-49,51-52,59,62,66H,13,16-24,27-30H2,1-9H3/b33-26+,35-25+/t31-,32+,34?,36?,37-,39-,40?,41?,42-,43?,44?,46-,47-,48+,49?,51?,52-,56?/m0/s1. The van der Waals surface area contributed by atoms with Gasteiger partial charge in [-0.1, -0.05) is 58.0 Å². The first kappa shape index (κ1) is 55.9. The van der Waals surface area contributed by atoms with Crippen LogP contribution in [-0.2, 0) is 52.5 Å². The SMILES string of the molecule is CO[C@H]1C[C@@H]2CCC(C)C(O)(O2)C(=O)C(=O)N2CCCC3C2C(=O)O[C@@H](CC(=O)[C@H](C)/C=C(\C)C(O)[C@@H](OC)C(=O)C(C)C[C@H](C)C2CCC(/C=C/1C)ON2c1ccccc1)[C@H]3C[C@@H]1CCC(O)[C@H](OC)C1. The van der Waals surface area contributed by atoms with E-state index in [-0.39, 0.29) is 54.9 Å². The number of aliphatic hydroxyl groups is 3. The minimum absolute atomic E-state index is 0.0310. The van der Waals surface area contributed by atoms with Crippen molar-refractivity contribution in [2.24, 2.45) is 41.4 Å². The van der Waals surface area contributed by atoms with Crippen molar-refractivity contribution in [3.63, 3.8) is 0 Å². The molecule has 5 fully saturated rings. The Morgan fingerprint density at radius 2 is 1.54 bits per heavy atom. The number of methoxy groups -OCH3 is 3. The molecule has 1 aromatic carbocycles. The Morgan fingerprint density at radius 1 is 0.806 bits per heavy atom. The summed E-state index contributed by atoms with van der Waals surface area (Å²) in [5, 5.41) is 36.6. The number of amides is 1. The van der Waals surface area contributed by atoms with Crippen LogP contribution in [0.2, 0.25) is 0 Å². The largest absolute Gasteiger partial charge is 0.460 e. The number of esters is 1. The summed E-state index contributed by atoms with van der Waals surface area (Å²) in [6.07, 6.45) is 3.99. The molecule has 10 rings (SSSR count). The van der Waals surface area contributed by atoms with Crippen LogP contribution in [0.1, 0.15) is 125 Å². The van der Waals surface area contributed by atoms with Crippen molar-refractivity contribution < 1.29 is 67.8 Å². The molecule has 0 radical (unpaired) electrons. The molecule has 8 bridgehead atoms. The van der Waals surface area contributed by atoms with Gasteiger partial charge in [-0.15, -0.1) is 0 Å². The number of anilines is 1. The van der Waals surface area contributed by atoms with Gasteiger partial charge in [-0.05, 0) is 126 Å². The molecule has 1 amide bonds. The van der Waals surface area contributed by atoms with Crippen LogP contribution in [0.5, 0.6) is 0 Å². The molecule has 16 nitrogen and oxygen atoms in total. The Labute approximate surface area is 426 Å². The number of hydrogen-bond donors (Lipinski definition) is 3. The van der Waals surface area contributed by atoms with Crippen LogP contribution in [0.15, 0.2) is 53.6 Å². The number of benzene rings is 1. The van der Waals surface area contributed by atoms with Gasteiger partial charge in [0.1, 0.15) is 36.2 Å². The lowest BCUT2D eigenvalue weighted by Crippen LogP contribution is -2.65. The molecule has 3 N–H and O–H groups in total. The Balaban J connectivity index is 1.23. The van der Waals surface area contributed by atoms with Gasteiger partial charge in [0, 0.05) is 64.4 Å². The average Bonchev–Trinajstić information content (AvgIpc) is 3.37. The van der Waals surface area contributed by atoms with E-state index < -0.39 is 102 Å². The minimum Gasteiger partial charge on any atom is -0.460 e. The molecule has 8 aliphatic heterocycles. The van der Waals surface area contributed by atoms with Crippen molar-refractivity contribution in [2.75, 3.05) is 32.9 Å². The van der Waals surface area contributed by atoms with Crippen LogP contribution in [-0.4, -0.2) is 144 Å². The molecule has 1 aliphatic carbocycles. The molecule has 1 aromatic rings. The highest BCUT2D eigenvalue weighted by Crippen LogP contribution is 2.46. The maximum atomic E-state index is 14.6. The van der Waals surface area contributed by atoms with Gasteiger partial charge < -0.3 is 43.9 Å². The summed E-state index contributed by atoms with van der Waals surface area (Å²) in [6.45, 7) is 11.1. The molecule has 0 aromatic heterocycles. The monoisotopic (exact) mass is 1010 g/mol. The number of ether oxygens (including phenoxy) is 5. The Hall–Kier alpha value is -3.87. The first-order valence-corrected chi connectivity index (χ1v) is 26.6. The highest BCUT2D eigenvalue weighted by molar-refractivity contribution is 6.39. The zero-order valence-electron chi connectivity index (χ0n) is 44.0. The fraction of sp³-hybridized carbons (Fsp3) is 0.732. The number of carbonyl (C=O) groups excluding carboxylic acids is 5. The second kappa shape index (κ2) is 24.2. The second-order valence-electron chi connectivity index (χ2n) is 22.2. The summed E-state index contributed by atoms with van der Waals surface area (Å²) < 4.78 is 29.9. The summed E-state index contributed by atoms with van der Waals surface area (Å²) in [4.78, 5) is 80.1. The van der Waals surface area contributed by atoms with Crippen LogP contribution in [0.25, 0.3) is 0 Å². The quantitative estimate of drug-likeness (QED) is 0.163. The molecule has 0 spiro atoms. The van der Waals surface area contributed by atoms with Crippen molar-refractivity contribution in [3.05, 3.63) is 53.6 Å². The molecule has 4 saturated heterocycles. The molecular formula is C56H82N2O14. The van der Waals surface area contributed by atoms with E-state index in [0.717, 1.165) is 17.7 Å². The van der Waals surface area contributed by atoms with Gasteiger partial charge in [0.05, 0.1) is 36.1 Å². The number of aliphatic hydroxyl groups excluding tert-OH is 2. The number of piperidine rings is 1. The summed E-state index contributed by atoms with van der Waals surface area (Å²) in [7, 11) is 4.56. The van der Waals surface area contributed by atoms with E-state index in [1.54, 1.807) is 41.1 Å². The van der Waals surface area contributed by atoms with E-state index in [1.807, 2.05) is 55.3 Å². The van der Waals surface area contributed by atoms with Crippen LogP contribution < -0.4 is 5.06 Å². The number of Topliss-reactive ketones (excluding diaryl/α,β-unsaturated/α-hetero) is 3. The Bertz CT molecular complexity index is 2130. The zero-order valence-corrected chi connectivity index (χ0v) is 44.0. The first-order valence-electron chi connectivity index (χ1n) is 26.6. The summed E-state index contributed by atoms with van der Waals surface area (Å²) >= 11 is 0. The smallest absolute Gasteiger partial charge is 0.329 e. The third-order valence-corrected chi connectivity index (χ3v) is 17.3. The van der Waals surface area contributed by atoms with E-state index in [4.69, 9.17) is 28.5 Å². The third-order valence-electron chi connectivity index (χ3n) is 17.3. The first-order chi connectivity index (χ1) is 34.3. The predicted molar refractivity (Wildman–Crippen MR) is 267 cm³/mol. The van der Waals surface area contributed by atoms with Crippen molar-refractivity contribution in [3.8, 4) is 0 Å². The number of hydroxylamine groups is 1. The summed E-state index contributed by atoms with van der Waals surface area (Å²) in [6, 6.07) is 8.58. The average molecular weight is 1010 g/mol. The Morgan fingerprint density at radius 3 is 2.24 bits per heavy atom. The predicted octanol–water partition coefficient (Wildman–Crippen LogP) is 6.26. The van der Waals surface area contributed by atoms with Gasteiger partial charge in [-0.25, -0.2) is 4.79 Å². The molecule has 400 valence electrons. The van der Waals surface area contributed by atoms with E-state index in [9.17, 15) is 39.3 Å². The molecule has 72 heavy (non-hydrogen) atoms. The molecular weight excluding hydrogens is 925 g/mol.